The number of carbonyl (C=O) groups excluding carboxylic acids is 2. The molecule has 0 aromatic carbocycles. The van der Waals surface area contributed by atoms with Gasteiger partial charge in [0.25, 0.3) is 0 Å². The van der Waals surface area contributed by atoms with Gasteiger partial charge in [0, 0.05) is 50.2 Å². The van der Waals surface area contributed by atoms with Crippen LogP contribution in [0.4, 0.5) is 4.79 Å². The monoisotopic (exact) mass is 312 g/mol. The van der Waals surface area contributed by atoms with Crippen molar-refractivity contribution in [2.75, 3.05) is 32.7 Å². The lowest BCUT2D eigenvalue weighted by Crippen LogP contribution is -2.56. The lowest BCUT2D eigenvalue weighted by Gasteiger charge is -2.42. The van der Waals surface area contributed by atoms with Crippen molar-refractivity contribution in [1.29, 1.82) is 0 Å². The van der Waals surface area contributed by atoms with E-state index in [4.69, 9.17) is 0 Å². The molecule has 0 spiro atoms. The predicted molar refractivity (Wildman–Crippen MR) is 88.8 cm³/mol. The van der Waals surface area contributed by atoms with Gasteiger partial charge in [-0.2, -0.15) is 0 Å². The van der Waals surface area contributed by atoms with E-state index in [1.807, 2.05) is 25.7 Å². The summed E-state index contributed by atoms with van der Waals surface area (Å²) in [6.45, 7) is 16.0. The first kappa shape index (κ1) is 18.7. The van der Waals surface area contributed by atoms with Gasteiger partial charge in [-0.1, -0.05) is 0 Å². The van der Waals surface area contributed by atoms with Crippen molar-refractivity contribution in [3.63, 3.8) is 0 Å². The van der Waals surface area contributed by atoms with Crippen LogP contribution in [0.3, 0.4) is 0 Å². The number of hydrogen-bond acceptors (Lipinski definition) is 3. The number of amides is 3. The molecule has 0 unspecified atom stereocenters. The lowest BCUT2D eigenvalue weighted by atomic mass is 10.1. The molecular weight excluding hydrogens is 280 g/mol. The number of urea groups is 1. The number of hydrogen-bond donors (Lipinski definition) is 2. The minimum atomic E-state index is -0.232. The second-order valence-corrected chi connectivity index (χ2v) is 7.93. The maximum Gasteiger partial charge on any atom is 0.317 e. The van der Waals surface area contributed by atoms with Gasteiger partial charge in [-0.15, -0.1) is 0 Å². The molecule has 1 aliphatic rings. The van der Waals surface area contributed by atoms with E-state index in [0.29, 0.717) is 13.0 Å². The normalized spacial score (nSPS) is 17.3. The maximum atomic E-state index is 12.1. The summed E-state index contributed by atoms with van der Waals surface area (Å²) in [4.78, 5) is 28.0. The van der Waals surface area contributed by atoms with E-state index in [0.717, 1.165) is 26.2 Å². The summed E-state index contributed by atoms with van der Waals surface area (Å²) in [6.07, 6.45) is 0.310. The van der Waals surface area contributed by atoms with E-state index in [2.05, 4.69) is 36.3 Å². The van der Waals surface area contributed by atoms with Crippen molar-refractivity contribution < 1.29 is 9.59 Å². The second kappa shape index (κ2) is 7.31. The molecule has 6 nitrogen and oxygen atoms in total. The molecule has 0 atom stereocenters. The molecule has 0 aromatic rings. The van der Waals surface area contributed by atoms with Gasteiger partial charge >= 0.3 is 6.03 Å². The van der Waals surface area contributed by atoms with Crippen molar-refractivity contribution >= 4 is 11.9 Å². The molecule has 0 aliphatic carbocycles. The summed E-state index contributed by atoms with van der Waals surface area (Å²) >= 11 is 0. The van der Waals surface area contributed by atoms with Crippen LogP contribution in [0.15, 0.2) is 0 Å². The van der Waals surface area contributed by atoms with E-state index < -0.39 is 0 Å². The summed E-state index contributed by atoms with van der Waals surface area (Å²) in [5.74, 6) is -0.0367. The van der Waals surface area contributed by atoms with Crippen LogP contribution in [0.1, 0.15) is 48.0 Å². The van der Waals surface area contributed by atoms with Crippen molar-refractivity contribution in [3.05, 3.63) is 0 Å². The molecule has 3 amide bonds. The minimum Gasteiger partial charge on any atom is -0.351 e. The average Bonchev–Trinajstić information content (AvgIpc) is 2.35. The Bertz CT molecular complexity index is 388. The summed E-state index contributed by atoms with van der Waals surface area (Å²) in [5, 5.41) is 5.71. The molecule has 0 radical (unpaired) electrons. The first-order valence-corrected chi connectivity index (χ1v) is 8.08. The Hall–Kier alpha value is -1.30. The van der Waals surface area contributed by atoms with Crippen molar-refractivity contribution in [1.82, 2.24) is 20.4 Å². The third kappa shape index (κ3) is 6.64. The maximum absolute atomic E-state index is 12.1. The molecule has 1 heterocycles. The van der Waals surface area contributed by atoms with Crippen LogP contribution < -0.4 is 10.6 Å². The highest BCUT2D eigenvalue weighted by Crippen LogP contribution is 2.15. The Morgan fingerprint density at radius 2 is 1.50 bits per heavy atom. The Morgan fingerprint density at radius 3 is 1.95 bits per heavy atom. The zero-order valence-electron chi connectivity index (χ0n) is 15.0. The van der Waals surface area contributed by atoms with E-state index in [9.17, 15) is 9.59 Å². The number of piperazine rings is 1. The van der Waals surface area contributed by atoms with Gasteiger partial charge in [-0.3, -0.25) is 9.69 Å². The number of rotatable bonds is 3. The van der Waals surface area contributed by atoms with E-state index >= 15 is 0 Å². The highest BCUT2D eigenvalue weighted by molar-refractivity contribution is 5.78. The fourth-order valence-corrected chi connectivity index (χ4v) is 2.46. The molecule has 0 aromatic heterocycles. The molecule has 22 heavy (non-hydrogen) atoms. The van der Waals surface area contributed by atoms with Crippen LogP contribution in [0.2, 0.25) is 0 Å². The number of nitrogens with one attached hydrogen (secondary N) is 2. The van der Waals surface area contributed by atoms with Gasteiger partial charge in [0.05, 0.1) is 0 Å². The minimum absolute atomic E-state index is 0.0367. The summed E-state index contributed by atoms with van der Waals surface area (Å²) in [7, 11) is 0. The van der Waals surface area contributed by atoms with Crippen LogP contribution in [0.25, 0.3) is 0 Å². The SMILES string of the molecule is CC(C)(C)NC(=O)CCNC(=O)N1CCN(C(C)(C)C)CC1. The molecule has 6 heteroatoms. The van der Waals surface area contributed by atoms with Crippen molar-refractivity contribution in [3.8, 4) is 0 Å². The van der Waals surface area contributed by atoms with Crippen LogP contribution in [0.5, 0.6) is 0 Å². The Labute approximate surface area is 134 Å². The second-order valence-electron chi connectivity index (χ2n) is 7.93. The van der Waals surface area contributed by atoms with Crippen LogP contribution in [-0.4, -0.2) is 65.5 Å². The van der Waals surface area contributed by atoms with Gasteiger partial charge in [0.2, 0.25) is 5.91 Å². The van der Waals surface area contributed by atoms with Gasteiger partial charge in [0.15, 0.2) is 0 Å². The topological polar surface area (TPSA) is 64.7 Å². The van der Waals surface area contributed by atoms with Gasteiger partial charge < -0.3 is 15.5 Å². The summed E-state index contributed by atoms with van der Waals surface area (Å²) in [6, 6.07) is -0.0721. The molecule has 1 fully saturated rings. The molecule has 1 saturated heterocycles. The first-order valence-electron chi connectivity index (χ1n) is 8.08. The Kier molecular flexibility index (Phi) is 6.23. The van der Waals surface area contributed by atoms with Gasteiger partial charge in [-0.25, -0.2) is 4.79 Å². The fourth-order valence-electron chi connectivity index (χ4n) is 2.46. The molecule has 1 rings (SSSR count). The zero-order chi connectivity index (χ0) is 17.0. The average molecular weight is 312 g/mol. The smallest absolute Gasteiger partial charge is 0.317 e. The predicted octanol–water partition coefficient (Wildman–Crippen LogP) is 1.42. The van der Waals surface area contributed by atoms with Gasteiger partial charge in [-0.05, 0) is 41.5 Å². The third-order valence-electron chi connectivity index (χ3n) is 3.66. The highest BCUT2D eigenvalue weighted by atomic mass is 16.2. The molecule has 128 valence electrons. The molecule has 1 aliphatic heterocycles. The van der Waals surface area contributed by atoms with Crippen molar-refractivity contribution in [2.45, 2.75) is 59.0 Å². The van der Waals surface area contributed by atoms with E-state index in [-0.39, 0.29) is 23.0 Å². The summed E-state index contributed by atoms with van der Waals surface area (Å²) < 4.78 is 0. The van der Waals surface area contributed by atoms with Crippen molar-refractivity contribution in [2.24, 2.45) is 0 Å². The third-order valence-corrected chi connectivity index (χ3v) is 3.66. The summed E-state index contributed by atoms with van der Waals surface area (Å²) in [5.41, 5.74) is -0.0853. The number of carbonyl (C=O) groups is 2. The zero-order valence-corrected chi connectivity index (χ0v) is 15.0. The number of nitrogens with zero attached hydrogens (tertiary/aromatic N) is 2. The lowest BCUT2D eigenvalue weighted by molar-refractivity contribution is -0.122. The molecule has 2 N–H and O–H groups in total. The first-order chi connectivity index (χ1) is 9.99. The van der Waals surface area contributed by atoms with Crippen LogP contribution in [0, 0.1) is 0 Å². The van der Waals surface area contributed by atoms with Crippen LogP contribution >= 0.6 is 0 Å². The fraction of sp³-hybridized carbons (Fsp3) is 0.875. The standard InChI is InChI=1S/C16H32N4O2/c1-15(2,3)18-13(21)7-8-17-14(22)19-9-11-20(12-10-19)16(4,5)6/h7-12H2,1-6H3,(H,17,22)(H,18,21). The van der Waals surface area contributed by atoms with Gasteiger partial charge in [0.1, 0.15) is 0 Å². The van der Waals surface area contributed by atoms with E-state index in [1.165, 1.54) is 0 Å². The molecule has 0 bridgehead atoms. The molecular formula is C16H32N4O2. The van der Waals surface area contributed by atoms with Crippen LogP contribution in [-0.2, 0) is 4.79 Å². The van der Waals surface area contributed by atoms with E-state index in [1.54, 1.807) is 0 Å². The molecule has 0 saturated carbocycles. The Morgan fingerprint density at radius 1 is 0.955 bits per heavy atom. The highest BCUT2D eigenvalue weighted by Gasteiger charge is 2.27. The quantitative estimate of drug-likeness (QED) is 0.828. The largest absolute Gasteiger partial charge is 0.351 e. The Balaban J connectivity index is 2.26.